The van der Waals surface area contributed by atoms with Crippen LogP contribution in [0.4, 0.5) is 5.69 Å². The molecule has 1 amide bonds. The second-order valence-corrected chi connectivity index (χ2v) is 9.94. The lowest BCUT2D eigenvalue weighted by atomic mass is 9.95. The number of carboxylic acids is 1. The molecule has 0 radical (unpaired) electrons. The minimum Gasteiger partial charge on any atom is -0.497 e. The van der Waals surface area contributed by atoms with Crippen LogP contribution >= 0.6 is 11.3 Å². The number of thiazole rings is 1. The number of anilines is 1. The van der Waals surface area contributed by atoms with Crippen LogP contribution in [0, 0.1) is 0 Å². The number of aromatic nitrogens is 1. The van der Waals surface area contributed by atoms with Crippen LogP contribution in [0.1, 0.15) is 24.1 Å². The summed E-state index contributed by atoms with van der Waals surface area (Å²) in [5, 5.41) is 11.7. The number of hydrogen-bond donors (Lipinski definition) is 2. The Balaban J connectivity index is 1.59. The van der Waals surface area contributed by atoms with E-state index in [0.717, 1.165) is 5.56 Å². The van der Waals surface area contributed by atoms with Crippen molar-refractivity contribution in [2.24, 2.45) is 4.99 Å². The number of ether oxygens (including phenoxy) is 2. The maximum Gasteiger partial charge on any atom is 0.341 e. The van der Waals surface area contributed by atoms with E-state index in [4.69, 9.17) is 14.6 Å². The fourth-order valence-corrected chi connectivity index (χ4v) is 5.46. The summed E-state index contributed by atoms with van der Waals surface area (Å²) >= 11 is 1.23. The first-order valence-electron chi connectivity index (χ1n) is 12.3. The summed E-state index contributed by atoms with van der Waals surface area (Å²) < 4.78 is 12.6. The van der Waals surface area contributed by atoms with Crippen molar-refractivity contribution in [3.63, 3.8) is 0 Å². The maximum atomic E-state index is 13.8. The number of para-hydroxylation sites is 1. The summed E-state index contributed by atoms with van der Waals surface area (Å²) in [5.74, 6) is -0.416. The SMILES string of the molecule is COc1cccc([C@H]2C(C(=O)Nc3ccccc3)=C(C)N=c3sc(=Cc4ccc(OCC(=O)O)cc4)c(=O)n32)c1. The van der Waals surface area contributed by atoms with Crippen molar-refractivity contribution in [2.45, 2.75) is 13.0 Å². The van der Waals surface area contributed by atoms with Crippen molar-refractivity contribution in [3.8, 4) is 11.5 Å². The molecule has 0 saturated heterocycles. The predicted octanol–water partition coefficient (Wildman–Crippen LogP) is 3.35. The third-order valence-electron chi connectivity index (χ3n) is 6.25. The quantitative estimate of drug-likeness (QED) is 0.344. The van der Waals surface area contributed by atoms with E-state index in [1.807, 2.05) is 36.4 Å². The van der Waals surface area contributed by atoms with E-state index in [1.165, 1.54) is 11.3 Å². The lowest BCUT2D eigenvalue weighted by Crippen LogP contribution is -2.40. The molecule has 9 nitrogen and oxygen atoms in total. The van der Waals surface area contributed by atoms with Gasteiger partial charge < -0.3 is 19.9 Å². The van der Waals surface area contributed by atoms with Crippen LogP contribution in [-0.4, -0.2) is 35.3 Å². The van der Waals surface area contributed by atoms with Crippen LogP contribution in [-0.2, 0) is 9.59 Å². The average Bonchev–Trinajstić information content (AvgIpc) is 3.26. The van der Waals surface area contributed by atoms with Gasteiger partial charge in [0.05, 0.1) is 29.0 Å². The third kappa shape index (κ3) is 5.57. The van der Waals surface area contributed by atoms with Crippen molar-refractivity contribution in [1.29, 1.82) is 0 Å². The number of nitrogens with one attached hydrogen (secondary N) is 1. The number of rotatable bonds is 8. The van der Waals surface area contributed by atoms with Gasteiger partial charge in [-0.3, -0.25) is 14.2 Å². The van der Waals surface area contributed by atoms with Gasteiger partial charge in [0.2, 0.25) is 0 Å². The number of benzene rings is 3. The molecule has 0 saturated carbocycles. The number of carboxylic acid groups (broad SMARTS) is 1. The molecular weight excluding hydrogens is 530 g/mol. The van der Waals surface area contributed by atoms with Gasteiger partial charge in [0.25, 0.3) is 11.5 Å². The molecule has 202 valence electrons. The largest absolute Gasteiger partial charge is 0.497 e. The number of hydrogen-bond acceptors (Lipinski definition) is 7. The standard InChI is InChI=1S/C30H25N3O6S/c1-18-26(28(36)32-21-8-4-3-5-9-21)27(20-7-6-10-23(16-20)38-2)33-29(37)24(40-30(33)31-18)15-19-11-13-22(14-12-19)39-17-25(34)35/h3-16,27H,17H2,1-2H3,(H,32,36)(H,34,35)/t27-/m0/s1. The molecule has 4 aromatic rings. The zero-order valence-electron chi connectivity index (χ0n) is 21.7. The van der Waals surface area contributed by atoms with Gasteiger partial charge >= 0.3 is 5.97 Å². The highest BCUT2D eigenvalue weighted by atomic mass is 32.1. The number of carbonyl (C=O) groups excluding carboxylic acids is 1. The van der Waals surface area contributed by atoms with Crippen molar-refractivity contribution < 1.29 is 24.2 Å². The van der Waals surface area contributed by atoms with E-state index in [2.05, 4.69) is 10.3 Å². The number of nitrogens with zero attached hydrogens (tertiary/aromatic N) is 2. The Labute approximate surface area is 233 Å². The lowest BCUT2D eigenvalue weighted by molar-refractivity contribution is -0.139. The van der Waals surface area contributed by atoms with Gasteiger partial charge in [0.1, 0.15) is 11.5 Å². The number of carbonyl (C=O) groups is 2. The molecule has 0 spiro atoms. The van der Waals surface area contributed by atoms with Gasteiger partial charge in [-0.25, -0.2) is 9.79 Å². The number of aliphatic carboxylic acids is 1. The molecule has 1 aliphatic rings. The first kappa shape index (κ1) is 26.6. The van der Waals surface area contributed by atoms with Crippen LogP contribution in [0.15, 0.2) is 99.9 Å². The van der Waals surface area contributed by atoms with Crippen molar-refractivity contribution in [3.05, 3.63) is 121 Å². The highest BCUT2D eigenvalue weighted by molar-refractivity contribution is 7.07. The van der Waals surface area contributed by atoms with Gasteiger partial charge in [-0.15, -0.1) is 0 Å². The Morgan fingerprint density at radius 3 is 2.50 bits per heavy atom. The lowest BCUT2D eigenvalue weighted by Gasteiger charge is -2.25. The molecule has 1 atom stereocenters. The first-order valence-corrected chi connectivity index (χ1v) is 13.1. The number of methoxy groups -OCH3 is 1. The van der Waals surface area contributed by atoms with Crippen molar-refractivity contribution in [1.82, 2.24) is 4.57 Å². The van der Waals surface area contributed by atoms with Crippen LogP contribution in [0.25, 0.3) is 6.08 Å². The molecule has 2 N–H and O–H groups in total. The molecule has 5 rings (SSSR count). The zero-order chi connectivity index (χ0) is 28.2. The molecule has 3 aromatic carbocycles. The molecule has 0 fully saturated rings. The van der Waals surface area contributed by atoms with E-state index in [9.17, 15) is 14.4 Å². The Morgan fingerprint density at radius 2 is 1.80 bits per heavy atom. The smallest absolute Gasteiger partial charge is 0.341 e. The second-order valence-electron chi connectivity index (χ2n) is 8.93. The molecule has 40 heavy (non-hydrogen) atoms. The summed E-state index contributed by atoms with van der Waals surface area (Å²) in [4.78, 5) is 43.4. The molecule has 10 heteroatoms. The number of amides is 1. The molecule has 1 aromatic heterocycles. The molecule has 2 heterocycles. The topological polar surface area (TPSA) is 119 Å². The van der Waals surface area contributed by atoms with Gasteiger partial charge in [-0.2, -0.15) is 0 Å². The van der Waals surface area contributed by atoms with Gasteiger partial charge in [-0.1, -0.05) is 53.8 Å². The van der Waals surface area contributed by atoms with Crippen LogP contribution < -0.4 is 29.7 Å². The predicted molar refractivity (Wildman–Crippen MR) is 151 cm³/mol. The van der Waals surface area contributed by atoms with Gasteiger partial charge in [0, 0.05) is 5.69 Å². The van der Waals surface area contributed by atoms with E-state index >= 15 is 0 Å². The van der Waals surface area contributed by atoms with Crippen LogP contribution in [0.2, 0.25) is 0 Å². The molecule has 0 unspecified atom stereocenters. The van der Waals surface area contributed by atoms with E-state index in [-0.39, 0.29) is 11.5 Å². The Kier molecular flexibility index (Phi) is 7.61. The third-order valence-corrected chi connectivity index (χ3v) is 7.23. The van der Waals surface area contributed by atoms with Gasteiger partial charge in [-0.05, 0) is 60.5 Å². The average molecular weight is 556 g/mol. The highest BCUT2D eigenvalue weighted by Gasteiger charge is 2.32. The summed E-state index contributed by atoms with van der Waals surface area (Å²) in [6.07, 6.45) is 1.73. The minimum atomic E-state index is -1.07. The van der Waals surface area contributed by atoms with E-state index in [0.29, 0.717) is 43.4 Å². The fourth-order valence-electron chi connectivity index (χ4n) is 4.42. The number of fused-ring (bicyclic) bond motifs is 1. The zero-order valence-corrected chi connectivity index (χ0v) is 22.5. The monoisotopic (exact) mass is 555 g/mol. The Hall–Kier alpha value is -4.96. The van der Waals surface area contributed by atoms with E-state index < -0.39 is 18.6 Å². The van der Waals surface area contributed by atoms with Crippen molar-refractivity contribution >= 4 is 35.0 Å². The van der Waals surface area contributed by atoms with Crippen LogP contribution in [0.3, 0.4) is 0 Å². The first-order chi connectivity index (χ1) is 19.3. The Morgan fingerprint density at radius 1 is 1.05 bits per heavy atom. The summed E-state index contributed by atoms with van der Waals surface area (Å²) in [6, 6.07) is 22.4. The van der Waals surface area contributed by atoms with Crippen LogP contribution in [0.5, 0.6) is 11.5 Å². The molecule has 1 aliphatic heterocycles. The Bertz CT molecular complexity index is 1790. The van der Waals surface area contributed by atoms with Gasteiger partial charge in [0.15, 0.2) is 11.4 Å². The summed E-state index contributed by atoms with van der Waals surface area (Å²) in [5.41, 5.74) is 2.64. The maximum absolute atomic E-state index is 13.8. The van der Waals surface area contributed by atoms with E-state index in [1.54, 1.807) is 67.1 Å². The molecule has 0 aliphatic carbocycles. The fraction of sp³-hybridized carbons (Fsp3) is 0.133. The highest BCUT2D eigenvalue weighted by Crippen LogP contribution is 2.32. The summed E-state index contributed by atoms with van der Waals surface area (Å²) in [6.45, 7) is 1.32. The normalized spacial score (nSPS) is 14.8. The minimum absolute atomic E-state index is 0.291. The summed E-state index contributed by atoms with van der Waals surface area (Å²) in [7, 11) is 1.56. The second kappa shape index (κ2) is 11.4. The molecule has 0 bridgehead atoms. The van der Waals surface area contributed by atoms with Crippen molar-refractivity contribution in [2.75, 3.05) is 19.0 Å². The molecular formula is C30H25N3O6S. The number of allylic oxidation sites excluding steroid dienone is 1.